The number of hydrogen-bond donors (Lipinski definition) is 1. The molecule has 25 heavy (non-hydrogen) atoms. The van der Waals surface area contributed by atoms with Crippen molar-refractivity contribution in [3.63, 3.8) is 0 Å². The van der Waals surface area contributed by atoms with Gasteiger partial charge in [-0.05, 0) is 38.1 Å². The van der Waals surface area contributed by atoms with Gasteiger partial charge >= 0.3 is 0 Å². The Morgan fingerprint density at radius 1 is 1.00 bits per heavy atom. The Kier molecular flexibility index (Phi) is 4.28. The van der Waals surface area contributed by atoms with Gasteiger partial charge in [0.2, 0.25) is 0 Å². The molecule has 0 fully saturated rings. The van der Waals surface area contributed by atoms with Crippen LogP contribution in [0, 0.1) is 6.92 Å². The molecule has 0 unspecified atom stereocenters. The van der Waals surface area contributed by atoms with Crippen molar-refractivity contribution in [1.29, 1.82) is 0 Å². The van der Waals surface area contributed by atoms with E-state index in [0.717, 1.165) is 50.1 Å². The maximum Gasteiger partial charge on any atom is 0.166 e. The average molecular weight is 350 g/mol. The summed E-state index contributed by atoms with van der Waals surface area (Å²) >= 11 is 1.63. The Balaban J connectivity index is 1.56. The molecule has 2 aromatic heterocycles. The number of benzene rings is 2. The number of nitrogens with one attached hydrogen (secondary N) is 1. The van der Waals surface area contributed by atoms with Crippen LogP contribution in [0.15, 0.2) is 47.6 Å². The lowest BCUT2D eigenvalue weighted by Gasteiger charge is -2.05. The van der Waals surface area contributed by atoms with E-state index in [-0.39, 0.29) is 0 Å². The van der Waals surface area contributed by atoms with Gasteiger partial charge in [-0.1, -0.05) is 23.9 Å². The number of fused-ring (bicyclic) bond motifs is 2. The minimum absolute atomic E-state index is 0.654. The number of aromatic nitrogens is 4. The molecule has 2 aromatic carbocycles. The summed E-state index contributed by atoms with van der Waals surface area (Å²) in [6, 6.07) is 13.8. The summed E-state index contributed by atoms with van der Waals surface area (Å²) < 4.78 is 5.54. The second-order valence-electron chi connectivity index (χ2n) is 5.69. The van der Waals surface area contributed by atoms with E-state index < -0.39 is 0 Å². The van der Waals surface area contributed by atoms with Crippen molar-refractivity contribution < 1.29 is 4.74 Å². The molecule has 0 aliphatic carbocycles. The number of rotatable bonds is 5. The van der Waals surface area contributed by atoms with Gasteiger partial charge in [0.25, 0.3) is 0 Å². The van der Waals surface area contributed by atoms with Gasteiger partial charge in [-0.3, -0.25) is 0 Å². The first-order valence-corrected chi connectivity index (χ1v) is 9.19. The number of para-hydroxylation sites is 2. The van der Waals surface area contributed by atoms with Crippen LogP contribution >= 0.6 is 11.8 Å². The van der Waals surface area contributed by atoms with Crippen LogP contribution in [0.1, 0.15) is 18.3 Å². The maximum atomic E-state index is 5.54. The van der Waals surface area contributed by atoms with E-state index in [1.807, 2.05) is 56.3 Å². The third-order valence-electron chi connectivity index (χ3n) is 3.93. The minimum atomic E-state index is 0.654. The number of aryl methyl sites for hydroxylation is 1. The monoisotopic (exact) mass is 350 g/mol. The Hall–Kier alpha value is -2.60. The zero-order valence-electron chi connectivity index (χ0n) is 14.1. The highest BCUT2D eigenvalue weighted by molar-refractivity contribution is 7.98. The summed E-state index contributed by atoms with van der Waals surface area (Å²) in [5, 5.41) is 0.873. The number of nitrogens with zero attached hydrogens (tertiary/aromatic N) is 3. The standard InChI is InChI=1S/C19H18N4OS/c1-3-24-13-8-9-16-17(10-13)23-19(22-16)25-11-18-12(2)20-14-6-4-5-7-15(14)21-18/h4-10H,3,11H2,1-2H3,(H,22,23). The molecule has 2 heterocycles. The second kappa shape index (κ2) is 6.72. The van der Waals surface area contributed by atoms with Crippen molar-refractivity contribution in [2.24, 2.45) is 0 Å². The molecule has 6 heteroatoms. The van der Waals surface area contributed by atoms with Gasteiger partial charge < -0.3 is 9.72 Å². The van der Waals surface area contributed by atoms with Gasteiger partial charge in [0, 0.05) is 11.8 Å². The lowest BCUT2D eigenvalue weighted by atomic mass is 10.2. The third kappa shape index (κ3) is 3.30. The molecular weight excluding hydrogens is 332 g/mol. The number of hydrogen-bond acceptors (Lipinski definition) is 5. The molecule has 0 aliphatic rings. The Labute approximate surface area is 149 Å². The van der Waals surface area contributed by atoms with Crippen molar-refractivity contribution in [3.05, 3.63) is 53.9 Å². The van der Waals surface area contributed by atoms with E-state index in [0.29, 0.717) is 6.61 Å². The molecular formula is C19H18N4OS. The number of H-pyrrole nitrogens is 1. The van der Waals surface area contributed by atoms with Crippen molar-refractivity contribution in [2.45, 2.75) is 24.8 Å². The van der Waals surface area contributed by atoms with Crippen LogP contribution in [-0.4, -0.2) is 26.5 Å². The fourth-order valence-corrected chi connectivity index (χ4v) is 3.58. The van der Waals surface area contributed by atoms with E-state index in [1.54, 1.807) is 11.8 Å². The fraction of sp³-hybridized carbons (Fsp3) is 0.211. The minimum Gasteiger partial charge on any atom is -0.494 e. The molecule has 0 atom stereocenters. The van der Waals surface area contributed by atoms with Gasteiger partial charge in [0.1, 0.15) is 5.75 Å². The first-order valence-electron chi connectivity index (χ1n) is 8.20. The lowest BCUT2D eigenvalue weighted by Crippen LogP contribution is -1.97. The third-order valence-corrected chi connectivity index (χ3v) is 4.82. The van der Waals surface area contributed by atoms with Gasteiger partial charge in [0.05, 0.1) is 40.1 Å². The van der Waals surface area contributed by atoms with Crippen molar-refractivity contribution >= 4 is 33.8 Å². The van der Waals surface area contributed by atoms with Crippen molar-refractivity contribution in [1.82, 2.24) is 19.9 Å². The lowest BCUT2D eigenvalue weighted by molar-refractivity contribution is 0.340. The van der Waals surface area contributed by atoms with E-state index in [1.165, 1.54) is 0 Å². The molecule has 126 valence electrons. The van der Waals surface area contributed by atoms with Crippen LogP contribution in [0.25, 0.3) is 22.1 Å². The summed E-state index contributed by atoms with van der Waals surface area (Å²) in [6.07, 6.45) is 0. The van der Waals surface area contributed by atoms with Crippen molar-refractivity contribution in [2.75, 3.05) is 6.61 Å². The average Bonchev–Trinajstić information content (AvgIpc) is 3.02. The summed E-state index contributed by atoms with van der Waals surface area (Å²) in [4.78, 5) is 17.3. The van der Waals surface area contributed by atoms with Crippen LogP contribution in [0.2, 0.25) is 0 Å². The zero-order chi connectivity index (χ0) is 17.2. The zero-order valence-corrected chi connectivity index (χ0v) is 14.9. The Morgan fingerprint density at radius 2 is 1.80 bits per heavy atom. The Bertz CT molecular complexity index is 1040. The van der Waals surface area contributed by atoms with Crippen molar-refractivity contribution in [3.8, 4) is 5.75 Å². The van der Waals surface area contributed by atoms with Crippen LogP contribution < -0.4 is 4.74 Å². The first kappa shape index (κ1) is 15.9. The summed E-state index contributed by atoms with van der Waals surface area (Å²) in [6.45, 7) is 4.63. The van der Waals surface area contributed by atoms with E-state index in [4.69, 9.17) is 9.72 Å². The molecule has 0 amide bonds. The highest BCUT2D eigenvalue weighted by Gasteiger charge is 2.09. The highest BCUT2D eigenvalue weighted by atomic mass is 32.2. The number of aromatic amines is 1. The molecule has 0 aliphatic heterocycles. The van der Waals surface area contributed by atoms with Gasteiger partial charge in [-0.25, -0.2) is 15.0 Å². The second-order valence-corrected chi connectivity index (χ2v) is 6.65. The molecule has 0 saturated carbocycles. The van der Waals surface area contributed by atoms with E-state index in [2.05, 4.69) is 15.0 Å². The quantitative estimate of drug-likeness (QED) is 0.537. The molecule has 0 saturated heterocycles. The number of ether oxygens (including phenoxy) is 1. The van der Waals surface area contributed by atoms with Gasteiger partial charge in [-0.2, -0.15) is 0 Å². The summed E-state index contributed by atoms with van der Waals surface area (Å²) in [7, 11) is 0. The number of thioether (sulfide) groups is 1. The molecule has 1 N–H and O–H groups in total. The molecule has 4 rings (SSSR count). The molecule has 4 aromatic rings. The van der Waals surface area contributed by atoms with E-state index >= 15 is 0 Å². The van der Waals surface area contributed by atoms with Crippen LogP contribution in [0.4, 0.5) is 0 Å². The predicted molar refractivity (Wildman–Crippen MR) is 101 cm³/mol. The number of imidazole rings is 1. The van der Waals surface area contributed by atoms with Crippen LogP contribution in [0.3, 0.4) is 0 Å². The fourth-order valence-electron chi connectivity index (χ4n) is 2.69. The molecule has 0 radical (unpaired) electrons. The van der Waals surface area contributed by atoms with Gasteiger partial charge in [-0.15, -0.1) is 0 Å². The first-order chi connectivity index (χ1) is 12.2. The maximum absolute atomic E-state index is 5.54. The van der Waals surface area contributed by atoms with Gasteiger partial charge in [0.15, 0.2) is 5.16 Å². The molecule has 0 bridgehead atoms. The Morgan fingerprint density at radius 3 is 2.60 bits per heavy atom. The SMILES string of the molecule is CCOc1ccc2nc(SCc3nc4ccccc4nc3C)[nH]c2c1. The summed E-state index contributed by atoms with van der Waals surface area (Å²) in [5.74, 6) is 1.58. The molecule has 5 nitrogen and oxygen atoms in total. The predicted octanol–water partition coefficient (Wildman–Crippen LogP) is 4.51. The normalized spacial score (nSPS) is 11.3. The smallest absolute Gasteiger partial charge is 0.166 e. The van der Waals surface area contributed by atoms with Crippen LogP contribution in [0.5, 0.6) is 5.75 Å². The highest BCUT2D eigenvalue weighted by Crippen LogP contribution is 2.26. The topological polar surface area (TPSA) is 63.7 Å². The van der Waals surface area contributed by atoms with Crippen LogP contribution in [-0.2, 0) is 5.75 Å². The molecule has 0 spiro atoms. The van der Waals surface area contributed by atoms with E-state index in [9.17, 15) is 0 Å². The largest absolute Gasteiger partial charge is 0.494 e. The summed E-state index contributed by atoms with van der Waals surface area (Å²) in [5.41, 5.74) is 5.72.